The van der Waals surface area contributed by atoms with E-state index in [0.29, 0.717) is 12.6 Å². The van der Waals surface area contributed by atoms with E-state index in [4.69, 9.17) is 4.74 Å². The largest absolute Gasteiger partial charge is 0.381 e. The maximum atomic E-state index is 12.8. The summed E-state index contributed by atoms with van der Waals surface area (Å²) >= 11 is 1.79. The second-order valence-corrected chi connectivity index (χ2v) is 7.11. The van der Waals surface area contributed by atoms with E-state index in [1.54, 1.807) is 18.9 Å². The SMILES string of the molecule is C=CCN(CCSc1ccccc1)C(=O)C1CCC(OC)CC1. The van der Waals surface area contributed by atoms with Crippen LogP contribution in [-0.4, -0.2) is 42.9 Å². The van der Waals surface area contributed by atoms with Crippen LogP contribution >= 0.6 is 11.8 Å². The molecule has 0 atom stereocenters. The molecule has 0 saturated heterocycles. The molecule has 0 unspecified atom stereocenters. The third-order valence-electron chi connectivity index (χ3n) is 4.39. The summed E-state index contributed by atoms with van der Waals surface area (Å²) < 4.78 is 5.40. The average molecular weight is 333 g/mol. The van der Waals surface area contributed by atoms with Gasteiger partial charge in [-0.1, -0.05) is 24.3 Å². The van der Waals surface area contributed by atoms with Gasteiger partial charge in [0.2, 0.25) is 5.91 Å². The third-order valence-corrected chi connectivity index (χ3v) is 5.38. The molecule has 2 rings (SSSR count). The lowest BCUT2D eigenvalue weighted by molar-refractivity contribution is -0.136. The van der Waals surface area contributed by atoms with Crippen LogP contribution in [0.4, 0.5) is 0 Å². The first kappa shape index (κ1) is 18.1. The number of methoxy groups -OCH3 is 1. The van der Waals surface area contributed by atoms with Gasteiger partial charge in [0, 0.05) is 36.8 Å². The Bertz CT molecular complexity index is 483. The van der Waals surface area contributed by atoms with Crippen molar-refractivity contribution >= 4 is 17.7 Å². The quantitative estimate of drug-likeness (QED) is 0.532. The molecular weight excluding hydrogens is 306 g/mol. The number of amides is 1. The van der Waals surface area contributed by atoms with Gasteiger partial charge in [-0.05, 0) is 37.8 Å². The Morgan fingerprint density at radius 1 is 1.30 bits per heavy atom. The molecule has 0 spiro atoms. The zero-order valence-electron chi connectivity index (χ0n) is 13.9. The number of hydrogen-bond acceptors (Lipinski definition) is 3. The van der Waals surface area contributed by atoms with E-state index in [-0.39, 0.29) is 11.8 Å². The lowest BCUT2D eigenvalue weighted by Crippen LogP contribution is -2.39. The minimum atomic E-state index is 0.156. The minimum Gasteiger partial charge on any atom is -0.381 e. The molecule has 0 N–H and O–H groups in total. The summed E-state index contributed by atoms with van der Waals surface area (Å²) in [5.41, 5.74) is 0. The van der Waals surface area contributed by atoms with Crippen molar-refractivity contribution in [2.75, 3.05) is 26.0 Å². The molecule has 1 fully saturated rings. The van der Waals surface area contributed by atoms with E-state index in [9.17, 15) is 4.79 Å². The number of carbonyl (C=O) groups excluding carboxylic acids is 1. The molecule has 1 amide bonds. The van der Waals surface area contributed by atoms with Crippen molar-refractivity contribution in [3.63, 3.8) is 0 Å². The molecular formula is C19H27NO2S. The normalized spacial score (nSPS) is 20.9. The van der Waals surface area contributed by atoms with Crippen LogP contribution in [0.1, 0.15) is 25.7 Å². The zero-order chi connectivity index (χ0) is 16.5. The van der Waals surface area contributed by atoms with E-state index in [2.05, 4.69) is 18.7 Å². The summed E-state index contributed by atoms with van der Waals surface area (Å²) in [6.07, 6.45) is 6.03. The smallest absolute Gasteiger partial charge is 0.225 e. The number of hydrogen-bond donors (Lipinski definition) is 0. The molecule has 0 aliphatic heterocycles. The first-order valence-electron chi connectivity index (χ1n) is 8.35. The van der Waals surface area contributed by atoms with Crippen molar-refractivity contribution < 1.29 is 9.53 Å². The van der Waals surface area contributed by atoms with Crippen molar-refractivity contribution in [2.24, 2.45) is 5.92 Å². The van der Waals surface area contributed by atoms with Crippen molar-refractivity contribution in [3.8, 4) is 0 Å². The summed E-state index contributed by atoms with van der Waals surface area (Å²) in [4.78, 5) is 16.0. The Morgan fingerprint density at radius 2 is 2.00 bits per heavy atom. The van der Waals surface area contributed by atoms with Crippen LogP contribution in [0.25, 0.3) is 0 Å². The van der Waals surface area contributed by atoms with E-state index in [1.807, 2.05) is 29.2 Å². The predicted octanol–water partition coefficient (Wildman–Crippen LogP) is 4.00. The number of thioether (sulfide) groups is 1. The van der Waals surface area contributed by atoms with E-state index >= 15 is 0 Å². The second kappa shape index (κ2) is 9.78. The van der Waals surface area contributed by atoms with Gasteiger partial charge in [-0.25, -0.2) is 0 Å². The van der Waals surface area contributed by atoms with Gasteiger partial charge in [0.25, 0.3) is 0 Å². The van der Waals surface area contributed by atoms with Crippen LogP contribution in [0.5, 0.6) is 0 Å². The Balaban J connectivity index is 1.82. The molecule has 0 heterocycles. The number of nitrogens with zero attached hydrogens (tertiary/aromatic N) is 1. The highest BCUT2D eigenvalue weighted by Crippen LogP contribution is 2.27. The molecule has 1 aromatic rings. The maximum Gasteiger partial charge on any atom is 0.225 e. The highest BCUT2D eigenvalue weighted by molar-refractivity contribution is 7.99. The van der Waals surface area contributed by atoms with Gasteiger partial charge in [0.05, 0.1) is 6.10 Å². The number of carbonyl (C=O) groups is 1. The first-order chi connectivity index (χ1) is 11.2. The Morgan fingerprint density at radius 3 is 2.61 bits per heavy atom. The summed E-state index contributed by atoms with van der Waals surface area (Å²) in [7, 11) is 1.76. The molecule has 1 aliphatic rings. The van der Waals surface area contributed by atoms with E-state index in [0.717, 1.165) is 38.0 Å². The second-order valence-electron chi connectivity index (χ2n) is 5.94. The van der Waals surface area contributed by atoms with Gasteiger partial charge in [-0.2, -0.15) is 0 Å². The number of rotatable bonds is 8. The van der Waals surface area contributed by atoms with Gasteiger partial charge in [-0.3, -0.25) is 4.79 Å². The van der Waals surface area contributed by atoms with Gasteiger partial charge < -0.3 is 9.64 Å². The third kappa shape index (κ3) is 5.70. The zero-order valence-corrected chi connectivity index (χ0v) is 14.8. The van der Waals surface area contributed by atoms with Crippen molar-refractivity contribution in [3.05, 3.63) is 43.0 Å². The van der Waals surface area contributed by atoms with Crippen molar-refractivity contribution in [1.29, 1.82) is 0 Å². The average Bonchev–Trinajstić information content (AvgIpc) is 2.61. The van der Waals surface area contributed by atoms with Crippen molar-refractivity contribution in [1.82, 2.24) is 4.90 Å². The Kier molecular flexibility index (Phi) is 7.69. The fourth-order valence-electron chi connectivity index (χ4n) is 3.04. The van der Waals surface area contributed by atoms with Gasteiger partial charge in [0.15, 0.2) is 0 Å². The number of benzene rings is 1. The molecule has 1 aromatic carbocycles. The summed E-state index contributed by atoms with van der Waals surface area (Å²) in [6, 6.07) is 10.3. The topological polar surface area (TPSA) is 29.5 Å². The lowest BCUT2D eigenvalue weighted by atomic mass is 9.86. The first-order valence-corrected chi connectivity index (χ1v) is 9.33. The summed E-state index contributed by atoms with van der Waals surface area (Å²) in [5.74, 6) is 1.35. The molecule has 4 heteroatoms. The predicted molar refractivity (Wildman–Crippen MR) is 96.7 cm³/mol. The summed E-state index contributed by atoms with van der Waals surface area (Å²) in [5, 5.41) is 0. The molecule has 23 heavy (non-hydrogen) atoms. The van der Waals surface area contributed by atoms with Gasteiger partial charge in [0.1, 0.15) is 0 Å². The molecule has 3 nitrogen and oxygen atoms in total. The standard InChI is InChI=1S/C19H27NO2S/c1-3-13-20(14-15-23-18-7-5-4-6-8-18)19(21)16-9-11-17(22-2)12-10-16/h3-8,16-17H,1,9-15H2,2H3. The fraction of sp³-hybridized carbons (Fsp3) is 0.526. The van der Waals surface area contributed by atoms with Crippen LogP contribution in [0.2, 0.25) is 0 Å². The summed E-state index contributed by atoms with van der Waals surface area (Å²) in [6.45, 7) is 5.21. The lowest BCUT2D eigenvalue weighted by Gasteiger charge is -2.31. The number of ether oxygens (including phenoxy) is 1. The maximum absolute atomic E-state index is 12.8. The Hall–Kier alpha value is -1.26. The Labute approximate surface area is 144 Å². The minimum absolute atomic E-state index is 0.156. The van der Waals surface area contributed by atoms with Crippen LogP contribution in [0.15, 0.2) is 47.9 Å². The van der Waals surface area contributed by atoms with Crippen LogP contribution in [0.3, 0.4) is 0 Å². The molecule has 0 bridgehead atoms. The monoisotopic (exact) mass is 333 g/mol. The molecule has 0 radical (unpaired) electrons. The van der Waals surface area contributed by atoms with Gasteiger partial charge in [-0.15, -0.1) is 18.3 Å². The molecule has 1 aliphatic carbocycles. The molecule has 1 saturated carbocycles. The molecule has 0 aromatic heterocycles. The highest BCUT2D eigenvalue weighted by atomic mass is 32.2. The van der Waals surface area contributed by atoms with Crippen LogP contribution in [0, 0.1) is 5.92 Å². The van der Waals surface area contributed by atoms with E-state index < -0.39 is 0 Å². The van der Waals surface area contributed by atoms with Crippen LogP contribution < -0.4 is 0 Å². The van der Waals surface area contributed by atoms with E-state index in [1.165, 1.54) is 4.90 Å². The van der Waals surface area contributed by atoms with Gasteiger partial charge >= 0.3 is 0 Å². The van der Waals surface area contributed by atoms with Crippen LogP contribution in [-0.2, 0) is 9.53 Å². The highest BCUT2D eigenvalue weighted by Gasteiger charge is 2.28. The fourth-order valence-corrected chi connectivity index (χ4v) is 3.94. The molecule has 126 valence electrons. The van der Waals surface area contributed by atoms with Crippen molar-refractivity contribution in [2.45, 2.75) is 36.7 Å².